The van der Waals surface area contributed by atoms with Crippen LogP contribution in [0.3, 0.4) is 0 Å². The first kappa shape index (κ1) is 24.2. The molecule has 0 spiro atoms. The van der Waals surface area contributed by atoms with Crippen molar-refractivity contribution >= 4 is 22.9 Å². The zero-order valence-electron chi connectivity index (χ0n) is 20.2. The van der Waals surface area contributed by atoms with Crippen molar-refractivity contribution < 1.29 is 4.74 Å². The van der Waals surface area contributed by atoms with Gasteiger partial charge in [-0.1, -0.05) is 49.4 Å². The number of anilines is 2. The lowest BCUT2D eigenvalue weighted by molar-refractivity contribution is 0.195. The number of aliphatic imine (C=N–C) groups is 1. The van der Waals surface area contributed by atoms with E-state index in [1.54, 1.807) is 0 Å². The highest BCUT2D eigenvalue weighted by atomic mass is 16.5. The Morgan fingerprint density at radius 1 is 1.09 bits per heavy atom. The van der Waals surface area contributed by atoms with Crippen LogP contribution in [-0.2, 0) is 0 Å². The minimum absolute atomic E-state index is 0.0864. The van der Waals surface area contributed by atoms with Crippen LogP contribution in [0.5, 0.6) is 5.75 Å². The quantitative estimate of drug-likeness (QED) is 0.347. The maximum absolute atomic E-state index is 6.52. The molecule has 174 valence electrons. The number of aromatic nitrogens is 2. The van der Waals surface area contributed by atoms with Gasteiger partial charge in [0.2, 0.25) is 0 Å². The van der Waals surface area contributed by atoms with Gasteiger partial charge < -0.3 is 20.7 Å². The second kappa shape index (κ2) is 11.4. The van der Waals surface area contributed by atoms with Crippen molar-refractivity contribution in [3.63, 3.8) is 0 Å². The summed E-state index contributed by atoms with van der Waals surface area (Å²) in [6, 6.07) is 18.1. The maximum Gasteiger partial charge on any atom is 0.174 e. The van der Waals surface area contributed by atoms with Crippen molar-refractivity contribution in [1.82, 2.24) is 15.5 Å². The predicted molar refractivity (Wildman–Crippen MR) is 137 cm³/mol. The number of nitrogens with one attached hydrogen (secondary N) is 1. The molecule has 3 aromatic rings. The lowest BCUT2D eigenvalue weighted by atomic mass is 10.1. The molecule has 0 aliphatic heterocycles. The van der Waals surface area contributed by atoms with Crippen molar-refractivity contribution in [2.24, 2.45) is 4.99 Å². The molecule has 0 aliphatic rings. The van der Waals surface area contributed by atoms with Gasteiger partial charge in [-0.05, 0) is 44.6 Å². The second-order valence-corrected chi connectivity index (χ2v) is 8.12. The van der Waals surface area contributed by atoms with Gasteiger partial charge in [-0.25, -0.2) is 4.99 Å². The van der Waals surface area contributed by atoms with Crippen LogP contribution >= 0.6 is 0 Å². The summed E-state index contributed by atoms with van der Waals surface area (Å²) in [5.41, 5.74) is 11.2. The number of para-hydroxylation sites is 2. The molecule has 0 radical (unpaired) electrons. The third-order valence-electron chi connectivity index (χ3n) is 5.38. The molecule has 1 heterocycles. The first-order chi connectivity index (χ1) is 15.9. The highest BCUT2D eigenvalue weighted by Gasteiger charge is 2.18. The van der Waals surface area contributed by atoms with E-state index in [1.807, 2.05) is 75.3 Å². The number of nitrogens with zero attached hydrogens (tertiary/aromatic N) is 4. The summed E-state index contributed by atoms with van der Waals surface area (Å²) >= 11 is 0. The molecule has 0 fully saturated rings. The Morgan fingerprint density at radius 2 is 1.79 bits per heavy atom. The average Bonchev–Trinajstić information content (AvgIpc) is 2.80. The smallest absolute Gasteiger partial charge is 0.174 e. The van der Waals surface area contributed by atoms with Crippen LogP contribution in [0.1, 0.15) is 43.2 Å². The minimum Gasteiger partial charge on any atom is -0.483 e. The molecule has 3 N–H and O–H groups in total. The summed E-state index contributed by atoms with van der Waals surface area (Å²) in [6.07, 6.45) is 0.762. The number of benzene rings is 2. The molecule has 0 amide bonds. The van der Waals surface area contributed by atoms with Crippen molar-refractivity contribution in [1.29, 1.82) is 0 Å². The molecule has 1 unspecified atom stereocenters. The van der Waals surface area contributed by atoms with Crippen molar-refractivity contribution in [3.8, 4) is 5.75 Å². The highest BCUT2D eigenvalue weighted by Crippen LogP contribution is 2.34. The van der Waals surface area contributed by atoms with Gasteiger partial charge in [-0.2, -0.15) is 5.10 Å². The van der Waals surface area contributed by atoms with E-state index < -0.39 is 0 Å². The Morgan fingerprint density at radius 3 is 2.48 bits per heavy atom. The third-order valence-corrected chi connectivity index (χ3v) is 5.38. The van der Waals surface area contributed by atoms with E-state index in [2.05, 4.69) is 34.6 Å². The number of ether oxygens (including phenoxy) is 1. The van der Waals surface area contributed by atoms with E-state index in [-0.39, 0.29) is 6.10 Å². The fourth-order valence-electron chi connectivity index (χ4n) is 3.73. The molecule has 0 bridgehead atoms. The number of rotatable bonds is 10. The number of nitrogens with two attached hydrogens (primary N) is 1. The Balaban J connectivity index is 1.96. The molecule has 1 atom stereocenters. The second-order valence-electron chi connectivity index (χ2n) is 8.12. The molecular formula is C26H34N6O. The molecule has 7 nitrogen and oxygen atoms in total. The van der Waals surface area contributed by atoms with Crippen LogP contribution in [0.4, 0.5) is 17.2 Å². The van der Waals surface area contributed by atoms with E-state index in [0.29, 0.717) is 11.5 Å². The molecule has 33 heavy (non-hydrogen) atoms. The molecule has 0 saturated carbocycles. The molecule has 0 aliphatic carbocycles. The zero-order valence-corrected chi connectivity index (χ0v) is 20.2. The average molecular weight is 447 g/mol. The Labute approximate surface area is 196 Å². The fraction of sp³-hybridized carbons (Fsp3) is 0.346. The highest BCUT2D eigenvalue weighted by molar-refractivity contribution is 6.07. The lowest BCUT2D eigenvalue weighted by Gasteiger charge is -2.21. The van der Waals surface area contributed by atoms with Crippen molar-refractivity contribution in [2.45, 2.75) is 33.3 Å². The van der Waals surface area contributed by atoms with Gasteiger partial charge in [-0.15, -0.1) is 5.10 Å². The SMILES string of the molecule is CCNCCC(Oc1ccccc1N=C(C)c1c(C)nnc(N(C)C)c1N)c1ccccc1. The molecule has 3 rings (SSSR count). The van der Waals surface area contributed by atoms with Gasteiger partial charge >= 0.3 is 0 Å². The van der Waals surface area contributed by atoms with Crippen molar-refractivity contribution in [3.05, 3.63) is 71.4 Å². The van der Waals surface area contributed by atoms with Gasteiger partial charge in [0, 0.05) is 31.8 Å². The summed E-state index contributed by atoms with van der Waals surface area (Å²) in [6.45, 7) is 7.74. The standard InChI is InChI=1S/C26H34N6O/c1-6-28-17-16-22(20-12-8-7-9-13-20)33-23-15-11-10-14-21(23)29-18(2)24-19(3)30-31-26(25(24)27)32(4)5/h7-15,22,28H,6,16-17H2,1-5H3,(H2,27,30). The Kier molecular flexibility index (Phi) is 8.38. The van der Waals surface area contributed by atoms with E-state index in [4.69, 9.17) is 15.5 Å². The summed E-state index contributed by atoms with van der Waals surface area (Å²) in [4.78, 5) is 6.76. The van der Waals surface area contributed by atoms with E-state index in [9.17, 15) is 0 Å². The van der Waals surface area contributed by atoms with Crippen LogP contribution < -0.4 is 20.7 Å². The zero-order chi connectivity index (χ0) is 23.8. The molecule has 7 heteroatoms. The Bertz CT molecular complexity index is 1080. The minimum atomic E-state index is -0.0864. The number of hydrogen-bond acceptors (Lipinski definition) is 7. The lowest BCUT2D eigenvalue weighted by Crippen LogP contribution is -2.19. The molecule has 1 aromatic heterocycles. The van der Waals surface area contributed by atoms with Gasteiger partial charge in [0.15, 0.2) is 5.82 Å². The monoisotopic (exact) mass is 446 g/mol. The van der Waals surface area contributed by atoms with Gasteiger partial charge in [0.05, 0.1) is 11.4 Å². The maximum atomic E-state index is 6.52. The molecule has 0 saturated heterocycles. The van der Waals surface area contributed by atoms with Crippen LogP contribution in [0.25, 0.3) is 0 Å². The van der Waals surface area contributed by atoms with Crippen LogP contribution in [0, 0.1) is 6.92 Å². The van der Waals surface area contributed by atoms with Crippen LogP contribution in [0.15, 0.2) is 59.6 Å². The van der Waals surface area contributed by atoms with E-state index in [0.717, 1.165) is 53.5 Å². The third kappa shape index (κ3) is 6.08. The van der Waals surface area contributed by atoms with Crippen molar-refractivity contribution in [2.75, 3.05) is 37.8 Å². The van der Waals surface area contributed by atoms with Gasteiger partial charge in [-0.3, -0.25) is 0 Å². The fourth-order valence-corrected chi connectivity index (χ4v) is 3.73. The van der Waals surface area contributed by atoms with Crippen LogP contribution in [-0.4, -0.2) is 43.1 Å². The summed E-state index contributed by atoms with van der Waals surface area (Å²) in [5.74, 6) is 1.36. The van der Waals surface area contributed by atoms with Gasteiger partial charge in [0.25, 0.3) is 0 Å². The first-order valence-electron chi connectivity index (χ1n) is 11.3. The predicted octanol–water partition coefficient (Wildman–Crippen LogP) is 4.69. The number of aryl methyl sites for hydroxylation is 1. The largest absolute Gasteiger partial charge is 0.483 e. The first-order valence-corrected chi connectivity index (χ1v) is 11.3. The molecule has 2 aromatic carbocycles. The van der Waals surface area contributed by atoms with Gasteiger partial charge in [0.1, 0.15) is 17.5 Å². The van der Waals surface area contributed by atoms with Crippen LogP contribution in [0.2, 0.25) is 0 Å². The van der Waals surface area contributed by atoms with E-state index >= 15 is 0 Å². The number of nitrogen functional groups attached to an aromatic ring is 1. The Hall–Kier alpha value is -3.45. The molecular weight excluding hydrogens is 412 g/mol. The normalized spacial score (nSPS) is 12.5. The topological polar surface area (TPSA) is 88.7 Å². The summed E-state index contributed by atoms with van der Waals surface area (Å²) in [5, 5.41) is 11.9. The number of hydrogen-bond donors (Lipinski definition) is 2. The van der Waals surface area contributed by atoms with E-state index in [1.165, 1.54) is 0 Å². The summed E-state index contributed by atoms with van der Waals surface area (Å²) < 4.78 is 6.52. The summed E-state index contributed by atoms with van der Waals surface area (Å²) in [7, 11) is 3.79.